The van der Waals surface area contributed by atoms with Gasteiger partial charge in [0.05, 0.1) is 0 Å². The number of rotatable bonds is 6. The maximum absolute atomic E-state index is 12.0. The molecule has 0 aliphatic rings. The van der Waals surface area contributed by atoms with Gasteiger partial charge in [0.2, 0.25) is 5.91 Å². The maximum atomic E-state index is 12.0. The molecular weight excluding hydrogens is 294 g/mol. The lowest BCUT2D eigenvalue weighted by Gasteiger charge is -2.19. The fraction of sp³-hybridized carbons (Fsp3) is 0.500. The number of methoxy groups -OCH3 is 1. The number of benzene rings is 1. The average Bonchev–Trinajstić information content (AvgIpc) is 2.29. The second kappa shape index (κ2) is 7.54. The Hall–Kier alpha value is -0.870. The van der Waals surface area contributed by atoms with Crippen molar-refractivity contribution in [2.75, 3.05) is 20.8 Å². The van der Waals surface area contributed by atoms with Crippen LogP contribution >= 0.6 is 15.9 Å². The predicted molar refractivity (Wildman–Crippen MR) is 76.3 cm³/mol. The second-order valence-electron chi connectivity index (χ2n) is 4.64. The summed E-state index contributed by atoms with van der Waals surface area (Å²) in [6, 6.07) is 8.01. The molecule has 0 saturated carbocycles. The van der Waals surface area contributed by atoms with Crippen LogP contribution in [0.1, 0.15) is 18.9 Å². The highest BCUT2D eigenvalue weighted by molar-refractivity contribution is 9.10. The fourth-order valence-corrected chi connectivity index (χ4v) is 2.24. The lowest BCUT2D eigenvalue weighted by Crippen LogP contribution is -2.28. The Balaban J connectivity index is 2.49. The molecule has 0 aliphatic heterocycles. The zero-order valence-electron chi connectivity index (χ0n) is 11.1. The summed E-state index contributed by atoms with van der Waals surface area (Å²) in [5.41, 5.74) is 1.12. The Bertz CT molecular complexity index is 395. The quantitative estimate of drug-likeness (QED) is 0.807. The molecule has 100 valence electrons. The predicted octanol–water partition coefficient (Wildman–Crippen LogP) is 3.08. The van der Waals surface area contributed by atoms with E-state index in [1.807, 2.05) is 38.2 Å². The number of halogens is 1. The minimum Gasteiger partial charge on any atom is -0.384 e. The van der Waals surface area contributed by atoms with Crippen LogP contribution in [0, 0.1) is 5.92 Å². The van der Waals surface area contributed by atoms with Gasteiger partial charge in [-0.2, -0.15) is 0 Å². The highest BCUT2D eigenvalue weighted by Crippen LogP contribution is 2.14. The molecule has 1 atom stereocenters. The summed E-state index contributed by atoms with van der Waals surface area (Å²) in [5.74, 6) is 0.409. The van der Waals surface area contributed by atoms with E-state index in [9.17, 15) is 4.79 Å². The SMILES string of the molecule is COCC(C)CC(=O)N(C)Cc1cccc(Br)c1. The first kappa shape index (κ1) is 15.2. The summed E-state index contributed by atoms with van der Waals surface area (Å²) in [6.45, 7) is 3.28. The number of hydrogen-bond acceptors (Lipinski definition) is 2. The topological polar surface area (TPSA) is 29.5 Å². The first-order chi connectivity index (χ1) is 8.52. The van der Waals surface area contributed by atoms with E-state index in [1.54, 1.807) is 12.0 Å². The van der Waals surface area contributed by atoms with Gasteiger partial charge in [0.1, 0.15) is 0 Å². The van der Waals surface area contributed by atoms with Gasteiger partial charge in [0, 0.05) is 38.2 Å². The number of amides is 1. The molecule has 0 N–H and O–H groups in total. The van der Waals surface area contributed by atoms with Crippen LogP contribution in [0.15, 0.2) is 28.7 Å². The highest BCUT2D eigenvalue weighted by Gasteiger charge is 2.13. The van der Waals surface area contributed by atoms with Gasteiger partial charge >= 0.3 is 0 Å². The number of carbonyl (C=O) groups is 1. The van der Waals surface area contributed by atoms with Crippen LogP contribution in [0.2, 0.25) is 0 Å². The largest absolute Gasteiger partial charge is 0.384 e. The zero-order valence-corrected chi connectivity index (χ0v) is 12.7. The summed E-state index contributed by atoms with van der Waals surface area (Å²) in [5, 5.41) is 0. The molecule has 0 fully saturated rings. The lowest BCUT2D eigenvalue weighted by atomic mass is 10.1. The Labute approximate surface area is 117 Å². The molecule has 0 aromatic heterocycles. The van der Waals surface area contributed by atoms with E-state index in [0.717, 1.165) is 10.0 Å². The van der Waals surface area contributed by atoms with Crippen LogP contribution < -0.4 is 0 Å². The normalized spacial score (nSPS) is 12.2. The van der Waals surface area contributed by atoms with Crippen molar-refractivity contribution in [2.24, 2.45) is 5.92 Å². The van der Waals surface area contributed by atoms with Gasteiger partial charge in [-0.1, -0.05) is 35.0 Å². The molecule has 0 aliphatic carbocycles. The Morgan fingerprint density at radius 3 is 2.83 bits per heavy atom. The molecule has 18 heavy (non-hydrogen) atoms. The minimum absolute atomic E-state index is 0.152. The van der Waals surface area contributed by atoms with Crippen molar-refractivity contribution in [1.29, 1.82) is 0 Å². The first-order valence-corrected chi connectivity index (χ1v) is 6.79. The van der Waals surface area contributed by atoms with Crippen LogP contribution in [0.4, 0.5) is 0 Å². The van der Waals surface area contributed by atoms with Gasteiger partial charge < -0.3 is 9.64 Å². The van der Waals surface area contributed by atoms with Gasteiger partial charge in [-0.15, -0.1) is 0 Å². The van der Waals surface area contributed by atoms with Crippen molar-refractivity contribution in [3.8, 4) is 0 Å². The van der Waals surface area contributed by atoms with Crippen LogP contribution in [0.5, 0.6) is 0 Å². The molecule has 1 unspecified atom stereocenters. The molecular formula is C14H20BrNO2. The van der Waals surface area contributed by atoms with Crippen molar-refractivity contribution >= 4 is 21.8 Å². The summed E-state index contributed by atoms with van der Waals surface area (Å²) in [4.78, 5) is 13.7. The summed E-state index contributed by atoms with van der Waals surface area (Å²) in [6.07, 6.45) is 0.526. The van der Waals surface area contributed by atoms with Gasteiger partial charge in [-0.3, -0.25) is 4.79 Å². The molecule has 1 aromatic carbocycles. The number of nitrogens with zero attached hydrogens (tertiary/aromatic N) is 1. The molecule has 0 radical (unpaired) electrons. The van der Waals surface area contributed by atoms with E-state index >= 15 is 0 Å². The minimum atomic E-state index is 0.152. The molecule has 3 nitrogen and oxygen atoms in total. The molecule has 1 aromatic rings. The van der Waals surface area contributed by atoms with Crippen molar-refractivity contribution < 1.29 is 9.53 Å². The van der Waals surface area contributed by atoms with Gasteiger partial charge in [0.25, 0.3) is 0 Å². The van der Waals surface area contributed by atoms with E-state index in [2.05, 4.69) is 15.9 Å². The lowest BCUT2D eigenvalue weighted by molar-refractivity contribution is -0.131. The number of carbonyl (C=O) groups excluding carboxylic acids is 1. The Morgan fingerprint density at radius 2 is 2.22 bits per heavy atom. The first-order valence-electron chi connectivity index (χ1n) is 6.00. The molecule has 0 spiro atoms. The van der Waals surface area contributed by atoms with Crippen molar-refractivity contribution in [3.63, 3.8) is 0 Å². The molecule has 1 amide bonds. The van der Waals surface area contributed by atoms with E-state index < -0.39 is 0 Å². The van der Waals surface area contributed by atoms with Crippen LogP contribution in [-0.2, 0) is 16.1 Å². The van der Waals surface area contributed by atoms with Crippen LogP contribution in [0.25, 0.3) is 0 Å². The van der Waals surface area contributed by atoms with Crippen LogP contribution in [-0.4, -0.2) is 31.6 Å². The van der Waals surface area contributed by atoms with Crippen LogP contribution in [0.3, 0.4) is 0 Å². The summed E-state index contributed by atoms with van der Waals surface area (Å²) >= 11 is 3.43. The third kappa shape index (κ3) is 5.19. The Morgan fingerprint density at radius 1 is 1.50 bits per heavy atom. The Kier molecular flexibility index (Phi) is 6.36. The van der Waals surface area contributed by atoms with E-state index in [-0.39, 0.29) is 11.8 Å². The van der Waals surface area contributed by atoms with Gasteiger partial charge in [-0.05, 0) is 23.6 Å². The molecule has 1 rings (SSSR count). The fourth-order valence-electron chi connectivity index (χ4n) is 1.79. The molecule has 0 heterocycles. The van der Waals surface area contributed by atoms with E-state index in [4.69, 9.17) is 4.74 Å². The monoisotopic (exact) mass is 313 g/mol. The van der Waals surface area contributed by atoms with E-state index in [0.29, 0.717) is 19.6 Å². The van der Waals surface area contributed by atoms with Crippen molar-refractivity contribution in [1.82, 2.24) is 4.90 Å². The molecule has 0 saturated heterocycles. The highest BCUT2D eigenvalue weighted by atomic mass is 79.9. The zero-order chi connectivity index (χ0) is 13.5. The third-order valence-corrected chi connectivity index (χ3v) is 3.20. The van der Waals surface area contributed by atoms with Crippen molar-refractivity contribution in [2.45, 2.75) is 19.9 Å². The number of ether oxygens (including phenoxy) is 1. The summed E-state index contributed by atoms with van der Waals surface area (Å²) < 4.78 is 6.08. The van der Waals surface area contributed by atoms with Crippen molar-refractivity contribution in [3.05, 3.63) is 34.3 Å². The molecule has 0 bridgehead atoms. The van der Waals surface area contributed by atoms with Gasteiger partial charge in [0.15, 0.2) is 0 Å². The van der Waals surface area contributed by atoms with Gasteiger partial charge in [-0.25, -0.2) is 0 Å². The smallest absolute Gasteiger partial charge is 0.222 e. The standard InChI is InChI=1S/C14H20BrNO2/c1-11(10-18-3)7-14(17)16(2)9-12-5-4-6-13(15)8-12/h4-6,8,11H,7,9-10H2,1-3H3. The summed E-state index contributed by atoms with van der Waals surface area (Å²) in [7, 11) is 3.49. The molecule has 4 heteroatoms. The second-order valence-corrected chi connectivity index (χ2v) is 5.56. The average molecular weight is 314 g/mol. The maximum Gasteiger partial charge on any atom is 0.222 e. The van der Waals surface area contributed by atoms with E-state index in [1.165, 1.54) is 0 Å². The number of hydrogen-bond donors (Lipinski definition) is 0. The third-order valence-electron chi connectivity index (χ3n) is 2.71.